The van der Waals surface area contributed by atoms with Crippen molar-refractivity contribution in [3.63, 3.8) is 0 Å². The van der Waals surface area contributed by atoms with Crippen molar-refractivity contribution in [2.45, 2.75) is 12.8 Å². The van der Waals surface area contributed by atoms with Crippen LogP contribution in [0, 0.1) is 0 Å². The minimum atomic E-state index is 0.182. The van der Waals surface area contributed by atoms with Crippen LogP contribution >= 0.6 is 11.6 Å². The number of rotatable bonds is 6. The molecule has 0 saturated carbocycles. The Morgan fingerprint density at radius 2 is 2.27 bits per heavy atom. The van der Waals surface area contributed by atoms with Gasteiger partial charge in [0, 0.05) is 26.3 Å². The molecule has 0 aliphatic rings. The van der Waals surface area contributed by atoms with E-state index >= 15 is 0 Å². The Kier molecular flexibility index (Phi) is 5.14. The summed E-state index contributed by atoms with van der Waals surface area (Å²) in [5.74, 6) is 0.840. The number of nitrogens with two attached hydrogens (primary N) is 1. The lowest BCUT2D eigenvalue weighted by Gasteiger charge is -2.05. The van der Waals surface area contributed by atoms with Crippen LogP contribution in [0.3, 0.4) is 0 Å². The molecular formula is C9H15ClN4O. The van der Waals surface area contributed by atoms with E-state index in [2.05, 4.69) is 15.3 Å². The summed E-state index contributed by atoms with van der Waals surface area (Å²) in [6.07, 6.45) is 2.02. The maximum atomic E-state index is 5.72. The van der Waals surface area contributed by atoms with Crippen LogP contribution in [0.5, 0.6) is 0 Å². The number of hydrogen-bond donors (Lipinski definition) is 2. The highest BCUT2D eigenvalue weighted by Crippen LogP contribution is 2.12. The Bertz CT molecular complexity index is 288. The van der Waals surface area contributed by atoms with Crippen LogP contribution in [-0.2, 0) is 4.74 Å². The second-order valence-electron chi connectivity index (χ2n) is 3.06. The van der Waals surface area contributed by atoms with Gasteiger partial charge in [-0.3, -0.25) is 0 Å². The third-order valence-electron chi connectivity index (χ3n) is 1.79. The summed E-state index contributed by atoms with van der Waals surface area (Å²) >= 11 is 5.72. The first-order chi connectivity index (χ1) is 7.22. The van der Waals surface area contributed by atoms with Crippen LogP contribution in [0.4, 0.5) is 11.8 Å². The SMILES string of the molecule is COCCCCNc1cc(Cl)nc(N)n1. The van der Waals surface area contributed by atoms with E-state index in [1.165, 1.54) is 0 Å². The Balaban J connectivity index is 2.31. The number of ether oxygens (including phenoxy) is 1. The van der Waals surface area contributed by atoms with Crippen molar-refractivity contribution in [3.8, 4) is 0 Å². The van der Waals surface area contributed by atoms with E-state index in [1.807, 2.05) is 0 Å². The fraction of sp³-hybridized carbons (Fsp3) is 0.556. The van der Waals surface area contributed by atoms with Gasteiger partial charge in [0.2, 0.25) is 5.95 Å². The first-order valence-electron chi connectivity index (χ1n) is 4.75. The Labute approximate surface area is 94.0 Å². The first kappa shape index (κ1) is 12.0. The molecule has 1 aromatic heterocycles. The highest BCUT2D eigenvalue weighted by atomic mass is 35.5. The fourth-order valence-electron chi connectivity index (χ4n) is 1.11. The molecule has 6 heteroatoms. The van der Waals surface area contributed by atoms with Gasteiger partial charge in [-0.25, -0.2) is 4.98 Å². The maximum absolute atomic E-state index is 5.72. The van der Waals surface area contributed by atoms with E-state index in [4.69, 9.17) is 22.1 Å². The number of nitrogen functional groups attached to an aromatic ring is 1. The van der Waals surface area contributed by atoms with Crippen molar-refractivity contribution in [2.75, 3.05) is 31.3 Å². The Morgan fingerprint density at radius 3 is 2.93 bits per heavy atom. The zero-order valence-electron chi connectivity index (χ0n) is 8.66. The van der Waals surface area contributed by atoms with Crippen molar-refractivity contribution >= 4 is 23.4 Å². The quantitative estimate of drug-likeness (QED) is 0.573. The zero-order valence-corrected chi connectivity index (χ0v) is 9.42. The van der Waals surface area contributed by atoms with E-state index in [1.54, 1.807) is 13.2 Å². The summed E-state index contributed by atoms with van der Waals surface area (Å²) in [6, 6.07) is 1.65. The summed E-state index contributed by atoms with van der Waals surface area (Å²) < 4.78 is 4.94. The van der Waals surface area contributed by atoms with Gasteiger partial charge in [-0.15, -0.1) is 0 Å². The van der Waals surface area contributed by atoms with Gasteiger partial charge in [-0.1, -0.05) is 11.6 Å². The zero-order chi connectivity index (χ0) is 11.1. The number of nitrogens with one attached hydrogen (secondary N) is 1. The van der Waals surface area contributed by atoms with Gasteiger partial charge in [-0.2, -0.15) is 4.98 Å². The molecule has 0 aromatic carbocycles. The smallest absolute Gasteiger partial charge is 0.223 e. The second-order valence-corrected chi connectivity index (χ2v) is 3.45. The van der Waals surface area contributed by atoms with Crippen molar-refractivity contribution in [1.82, 2.24) is 9.97 Å². The van der Waals surface area contributed by atoms with Crippen molar-refractivity contribution in [2.24, 2.45) is 0 Å². The van der Waals surface area contributed by atoms with E-state index in [9.17, 15) is 0 Å². The lowest BCUT2D eigenvalue weighted by molar-refractivity contribution is 0.194. The molecule has 1 rings (SSSR count). The van der Waals surface area contributed by atoms with Crippen molar-refractivity contribution in [3.05, 3.63) is 11.2 Å². The highest BCUT2D eigenvalue weighted by molar-refractivity contribution is 6.29. The van der Waals surface area contributed by atoms with Gasteiger partial charge in [0.1, 0.15) is 11.0 Å². The van der Waals surface area contributed by atoms with Crippen LogP contribution in [0.1, 0.15) is 12.8 Å². The van der Waals surface area contributed by atoms with Crippen LogP contribution in [0.2, 0.25) is 5.15 Å². The molecule has 0 spiro atoms. The molecule has 1 aromatic rings. The molecule has 0 saturated heterocycles. The molecule has 0 unspecified atom stereocenters. The topological polar surface area (TPSA) is 73.1 Å². The minimum Gasteiger partial charge on any atom is -0.385 e. The summed E-state index contributed by atoms with van der Waals surface area (Å²) in [5, 5.41) is 3.46. The van der Waals surface area contributed by atoms with Gasteiger partial charge in [0.25, 0.3) is 0 Å². The highest BCUT2D eigenvalue weighted by Gasteiger charge is 1.99. The molecule has 15 heavy (non-hydrogen) atoms. The minimum absolute atomic E-state index is 0.182. The predicted molar refractivity (Wildman–Crippen MR) is 61.1 cm³/mol. The average molecular weight is 231 g/mol. The summed E-state index contributed by atoms with van der Waals surface area (Å²) in [5.41, 5.74) is 5.44. The lowest BCUT2D eigenvalue weighted by Crippen LogP contribution is -2.06. The van der Waals surface area contributed by atoms with Crippen molar-refractivity contribution in [1.29, 1.82) is 0 Å². The first-order valence-corrected chi connectivity index (χ1v) is 5.13. The average Bonchev–Trinajstić information content (AvgIpc) is 2.16. The van der Waals surface area contributed by atoms with Gasteiger partial charge < -0.3 is 15.8 Å². The molecule has 0 amide bonds. The molecule has 5 nitrogen and oxygen atoms in total. The molecule has 0 fully saturated rings. The van der Waals surface area contributed by atoms with Crippen LogP contribution in [-0.4, -0.2) is 30.2 Å². The molecule has 1 heterocycles. The van der Waals surface area contributed by atoms with E-state index in [0.29, 0.717) is 11.0 Å². The number of halogens is 1. The number of methoxy groups -OCH3 is 1. The summed E-state index contributed by atoms with van der Waals surface area (Å²) in [6.45, 7) is 1.59. The predicted octanol–water partition coefficient (Wildman–Crippen LogP) is 1.55. The standard InChI is InChI=1S/C9H15ClN4O/c1-15-5-3-2-4-12-8-6-7(10)13-9(11)14-8/h6H,2-5H2,1H3,(H3,11,12,13,14). The Hall–Kier alpha value is -1.07. The monoisotopic (exact) mass is 230 g/mol. The molecule has 0 aliphatic heterocycles. The molecule has 0 bridgehead atoms. The van der Waals surface area contributed by atoms with E-state index in [0.717, 1.165) is 26.0 Å². The summed E-state index contributed by atoms with van der Waals surface area (Å²) in [4.78, 5) is 7.76. The molecule has 0 radical (unpaired) electrons. The van der Waals surface area contributed by atoms with Gasteiger partial charge >= 0.3 is 0 Å². The molecule has 0 aliphatic carbocycles. The van der Waals surface area contributed by atoms with Crippen LogP contribution < -0.4 is 11.1 Å². The second kappa shape index (κ2) is 6.42. The van der Waals surface area contributed by atoms with Gasteiger partial charge in [0.15, 0.2) is 0 Å². The molecule has 3 N–H and O–H groups in total. The fourth-order valence-corrected chi connectivity index (χ4v) is 1.30. The molecule has 84 valence electrons. The molecular weight excluding hydrogens is 216 g/mol. The molecule has 0 atom stereocenters. The summed E-state index contributed by atoms with van der Waals surface area (Å²) in [7, 11) is 1.69. The van der Waals surface area contributed by atoms with Crippen LogP contribution in [0.15, 0.2) is 6.07 Å². The number of anilines is 2. The number of hydrogen-bond acceptors (Lipinski definition) is 5. The van der Waals surface area contributed by atoms with Gasteiger partial charge in [0.05, 0.1) is 0 Å². The third kappa shape index (κ3) is 4.80. The lowest BCUT2D eigenvalue weighted by atomic mass is 10.3. The maximum Gasteiger partial charge on any atom is 0.223 e. The number of aromatic nitrogens is 2. The van der Waals surface area contributed by atoms with E-state index in [-0.39, 0.29) is 5.95 Å². The number of nitrogens with zero attached hydrogens (tertiary/aromatic N) is 2. The normalized spacial score (nSPS) is 10.3. The third-order valence-corrected chi connectivity index (χ3v) is 1.99. The Morgan fingerprint density at radius 1 is 1.47 bits per heavy atom. The largest absolute Gasteiger partial charge is 0.385 e. The van der Waals surface area contributed by atoms with Crippen molar-refractivity contribution < 1.29 is 4.74 Å². The van der Waals surface area contributed by atoms with E-state index < -0.39 is 0 Å². The van der Waals surface area contributed by atoms with Gasteiger partial charge in [-0.05, 0) is 12.8 Å². The van der Waals surface area contributed by atoms with Crippen LogP contribution in [0.25, 0.3) is 0 Å². The number of unbranched alkanes of at least 4 members (excludes halogenated alkanes) is 1.